The molecular weight excluding hydrogens is 1060 g/mol. The van der Waals surface area contributed by atoms with Crippen LogP contribution in [0.2, 0.25) is 0 Å². The maximum absolute atomic E-state index is 15.6. The molecule has 2 aliphatic heterocycles. The molecule has 15 nitrogen and oxygen atoms in total. The molecule has 15 heteroatoms. The fraction of sp³-hybridized carbons (Fsp3) is 0.435. The van der Waals surface area contributed by atoms with Crippen molar-refractivity contribution in [1.29, 1.82) is 0 Å². The predicted molar refractivity (Wildman–Crippen MR) is 321 cm³/mol. The second kappa shape index (κ2) is 29.6. The molecule has 8 rings (SSSR count). The summed E-state index contributed by atoms with van der Waals surface area (Å²) in [5.41, 5.74) is 2.57. The lowest BCUT2D eigenvalue weighted by Gasteiger charge is -2.39. The van der Waals surface area contributed by atoms with Gasteiger partial charge in [-0.3, -0.25) is 9.80 Å². The second-order valence-electron chi connectivity index (χ2n) is 24.5. The smallest absolute Gasteiger partial charge is 0.411 e. The molecule has 6 aromatic rings. The van der Waals surface area contributed by atoms with Gasteiger partial charge in [-0.05, 0) is 95.7 Å². The standard InChI is InChI=1S/C69H85N3O12/c1-67(2,3)82-64(73)70(40-56-60(78-44-52-32-20-12-21-33-52)62(80-46-54-36-24-14-25-37-54)58(71(56)65(74)83-68(4,5)6)48-76-42-50-28-16-10-17-29-50)41-57-61(79-45-53-34-22-13-23-35-53)63(81-47-55-38-26-15-27-39-55)59(72(57)66(75)84-69(7,8)9)49-77-43-51-30-18-11-19-31-51/h10-39,56-63H,40-49H2,1-9H3/t56-,57-,58-,59-,60-,61-,62-,63-/m1/s1. The van der Waals surface area contributed by atoms with Crippen LogP contribution < -0.4 is 0 Å². The molecule has 0 bridgehead atoms. The van der Waals surface area contributed by atoms with E-state index in [2.05, 4.69) is 0 Å². The largest absolute Gasteiger partial charge is 0.444 e. The Balaban J connectivity index is 1.27. The summed E-state index contributed by atoms with van der Waals surface area (Å²) in [5.74, 6) is 0. The fourth-order valence-corrected chi connectivity index (χ4v) is 10.5. The first kappa shape index (κ1) is 62.9. The van der Waals surface area contributed by atoms with E-state index in [9.17, 15) is 0 Å². The molecule has 2 aliphatic rings. The third kappa shape index (κ3) is 18.7. The molecule has 0 radical (unpaired) electrons. The van der Waals surface area contributed by atoms with Crippen molar-refractivity contribution in [2.75, 3.05) is 26.3 Å². The van der Waals surface area contributed by atoms with Crippen molar-refractivity contribution in [3.63, 3.8) is 0 Å². The van der Waals surface area contributed by atoms with Crippen molar-refractivity contribution in [2.45, 2.75) is 167 Å². The van der Waals surface area contributed by atoms with Crippen LogP contribution in [0.15, 0.2) is 182 Å². The molecule has 448 valence electrons. The molecule has 8 atom stereocenters. The number of carbonyl (C=O) groups is 3. The van der Waals surface area contributed by atoms with Gasteiger partial charge >= 0.3 is 18.3 Å². The summed E-state index contributed by atoms with van der Waals surface area (Å²) in [6.07, 6.45) is -5.52. The molecule has 2 fully saturated rings. The molecule has 6 aromatic carbocycles. The van der Waals surface area contributed by atoms with Crippen molar-refractivity contribution >= 4 is 18.3 Å². The maximum atomic E-state index is 15.6. The Bertz CT molecular complexity index is 2740. The molecule has 0 spiro atoms. The molecule has 2 heterocycles. The van der Waals surface area contributed by atoms with Gasteiger partial charge in [-0.25, -0.2) is 14.4 Å². The van der Waals surface area contributed by atoms with Gasteiger partial charge in [0.2, 0.25) is 0 Å². The third-order valence-corrected chi connectivity index (χ3v) is 14.2. The summed E-state index contributed by atoms with van der Waals surface area (Å²) >= 11 is 0. The summed E-state index contributed by atoms with van der Waals surface area (Å²) in [6, 6.07) is 55.2. The number of hydrogen-bond acceptors (Lipinski definition) is 12. The number of hydrogen-bond donors (Lipinski definition) is 0. The first-order chi connectivity index (χ1) is 40.3. The summed E-state index contributed by atoms with van der Waals surface area (Å²) in [4.78, 5) is 51.2. The Labute approximate surface area is 497 Å². The average Bonchev–Trinajstić information content (AvgIpc) is 3.62. The van der Waals surface area contributed by atoms with E-state index in [1.165, 1.54) is 0 Å². The van der Waals surface area contributed by atoms with E-state index in [1.807, 2.05) is 224 Å². The highest BCUT2D eigenvalue weighted by molar-refractivity contribution is 5.72. The Kier molecular flexibility index (Phi) is 22.2. The predicted octanol–water partition coefficient (Wildman–Crippen LogP) is 13.0. The van der Waals surface area contributed by atoms with Gasteiger partial charge in [-0.1, -0.05) is 182 Å². The minimum atomic E-state index is -0.993. The molecule has 0 unspecified atom stereocenters. The summed E-state index contributed by atoms with van der Waals surface area (Å²) < 4.78 is 60.5. The molecule has 0 aromatic heterocycles. The topological polar surface area (TPSA) is 144 Å². The molecule has 2 saturated heterocycles. The lowest BCUT2D eigenvalue weighted by Crippen LogP contribution is -2.57. The van der Waals surface area contributed by atoms with Crippen molar-refractivity contribution in [3.8, 4) is 0 Å². The van der Waals surface area contributed by atoms with Crippen LogP contribution >= 0.6 is 0 Å². The number of amides is 3. The number of rotatable bonds is 24. The number of nitrogens with zero attached hydrogens (tertiary/aromatic N) is 3. The van der Waals surface area contributed by atoms with Crippen LogP contribution in [0, 0.1) is 0 Å². The third-order valence-electron chi connectivity index (χ3n) is 14.2. The van der Waals surface area contributed by atoms with Crippen LogP contribution in [0.1, 0.15) is 95.7 Å². The molecular formula is C69H85N3O12. The zero-order valence-corrected chi connectivity index (χ0v) is 50.3. The average molecular weight is 1150 g/mol. The van der Waals surface area contributed by atoms with Gasteiger partial charge in [-0.15, -0.1) is 0 Å². The number of benzene rings is 6. The monoisotopic (exact) mass is 1150 g/mol. The Morgan fingerprint density at radius 3 is 0.833 bits per heavy atom. The highest BCUT2D eigenvalue weighted by atomic mass is 16.6. The van der Waals surface area contributed by atoms with Gasteiger partial charge in [-0.2, -0.15) is 0 Å². The quantitative estimate of drug-likeness (QED) is 0.0532. The van der Waals surface area contributed by atoms with E-state index in [4.69, 9.17) is 42.6 Å². The van der Waals surface area contributed by atoms with Crippen molar-refractivity contribution < 1.29 is 57.0 Å². The zero-order valence-electron chi connectivity index (χ0n) is 50.3. The molecule has 0 saturated carbocycles. The van der Waals surface area contributed by atoms with Gasteiger partial charge < -0.3 is 47.5 Å². The van der Waals surface area contributed by atoms with E-state index in [-0.39, 0.29) is 65.9 Å². The molecule has 3 amide bonds. The first-order valence-electron chi connectivity index (χ1n) is 29.1. The Hall–Kier alpha value is -7.11. The van der Waals surface area contributed by atoms with Crippen molar-refractivity contribution in [1.82, 2.24) is 14.7 Å². The van der Waals surface area contributed by atoms with Gasteiger partial charge in [0.1, 0.15) is 41.2 Å². The van der Waals surface area contributed by atoms with Crippen LogP contribution in [0.5, 0.6) is 0 Å². The first-order valence-corrected chi connectivity index (χ1v) is 29.1. The highest BCUT2D eigenvalue weighted by Crippen LogP contribution is 2.38. The van der Waals surface area contributed by atoms with Crippen LogP contribution in [-0.2, 0) is 82.3 Å². The summed E-state index contributed by atoms with van der Waals surface area (Å²) in [6.45, 7) is 17.0. The lowest BCUT2D eigenvalue weighted by atomic mass is 10.0. The van der Waals surface area contributed by atoms with Crippen molar-refractivity contribution in [2.24, 2.45) is 0 Å². The van der Waals surface area contributed by atoms with Crippen LogP contribution in [0.4, 0.5) is 14.4 Å². The van der Waals surface area contributed by atoms with E-state index in [0.717, 1.165) is 33.4 Å². The van der Waals surface area contributed by atoms with E-state index in [0.29, 0.717) is 0 Å². The molecule has 84 heavy (non-hydrogen) atoms. The minimum absolute atomic E-state index is 0.0112. The molecule has 0 aliphatic carbocycles. The number of ether oxygens (including phenoxy) is 9. The van der Waals surface area contributed by atoms with E-state index in [1.54, 1.807) is 35.5 Å². The summed E-state index contributed by atoms with van der Waals surface area (Å²) in [5, 5.41) is 0. The van der Waals surface area contributed by atoms with Gasteiger partial charge in [0.05, 0.1) is 77.0 Å². The van der Waals surface area contributed by atoms with Gasteiger partial charge in [0, 0.05) is 13.1 Å². The maximum Gasteiger partial charge on any atom is 0.411 e. The lowest BCUT2D eigenvalue weighted by molar-refractivity contribution is -0.0911. The Morgan fingerprint density at radius 1 is 0.345 bits per heavy atom. The van der Waals surface area contributed by atoms with Gasteiger partial charge in [0.15, 0.2) is 0 Å². The van der Waals surface area contributed by atoms with E-state index < -0.39 is 83.7 Å². The Morgan fingerprint density at radius 2 is 0.583 bits per heavy atom. The minimum Gasteiger partial charge on any atom is -0.444 e. The zero-order chi connectivity index (χ0) is 59.7. The fourth-order valence-electron chi connectivity index (χ4n) is 10.5. The SMILES string of the molecule is CC(C)(C)OC(=O)N(C[C@@H]1[C@@H](OCc2ccccc2)[C@H](OCc2ccccc2)[C@@H](COCc2ccccc2)N1C(=O)OC(C)(C)C)C[C@@H]1[C@@H](OCc2ccccc2)[C@H](OCc2ccccc2)[C@@H](COCc2ccccc2)N1C(=O)OC(C)(C)C. The number of likely N-dealkylation sites (tertiary alicyclic amines) is 2. The van der Waals surface area contributed by atoms with Gasteiger partial charge in [0.25, 0.3) is 0 Å². The normalized spacial score (nSPS) is 20.8. The highest BCUT2D eigenvalue weighted by Gasteiger charge is 2.58. The van der Waals surface area contributed by atoms with Crippen molar-refractivity contribution in [3.05, 3.63) is 215 Å². The van der Waals surface area contributed by atoms with E-state index >= 15 is 14.4 Å². The molecule has 0 N–H and O–H groups in total. The number of carbonyl (C=O) groups excluding carboxylic acids is 3. The van der Waals surface area contributed by atoms with Crippen LogP contribution in [0.3, 0.4) is 0 Å². The summed E-state index contributed by atoms with van der Waals surface area (Å²) in [7, 11) is 0. The van der Waals surface area contributed by atoms with Crippen LogP contribution in [-0.4, -0.2) is 125 Å². The second-order valence-corrected chi connectivity index (χ2v) is 24.5. The van der Waals surface area contributed by atoms with Crippen LogP contribution in [0.25, 0.3) is 0 Å².